The maximum Gasteiger partial charge on any atom is 0.251 e. The van der Waals surface area contributed by atoms with Crippen LogP contribution in [0.5, 0.6) is 0 Å². The van der Waals surface area contributed by atoms with Gasteiger partial charge in [-0.3, -0.25) is 4.79 Å². The number of carbonyl (C=O) groups excluding carboxylic acids is 1. The Morgan fingerprint density at radius 2 is 2.44 bits per heavy atom. The number of nitrogens with one attached hydrogen (secondary N) is 1. The van der Waals surface area contributed by atoms with Crippen molar-refractivity contribution in [3.63, 3.8) is 0 Å². The Morgan fingerprint density at radius 1 is 1.56 bits per heavy atom. The zero-order valence-electron chi connectivity index (χ0n) is 4.98. The van der Waals surface area contributed by atoms with Gasteiger partial charge in [-0.05, 0) is 12.0 Å². The van der Waals surface area contributed by atoms with Gasteiger partial charge >= 0.3 is 0 Å². The van der Waals surface area contributed by atoms with Gasteiger partial charge in [-0.15, -0.1) is 0 Å². The van der Waals surface area contributed by atoms with Crippen LogP contribution >= 0.6 is 0 Å². The van der Waals surface area contributed by atoms with E-state index in [9.17, 15) is 4.79 Å². The highest BCUT2D eigenvalue weighted by Crippen LogP contribution is 2.21. The topological polar surface area (TPSA) is 29.1 Å². The molecule has 0 saturated carbocycles. The van der Waals surface area contributed by atoms with E-state index in [4.69, 9.17) is 0 Å². The summed E-state index contributed by atoms with van der Waals surface area (Å²) < 4.78 is 0. The van der Waals surface area contributed by atoms with Gasteiger partial charge in [0, 0.05) is 12.1 Å². The monoisotopic (exact) mass is 121 g/mol. The summed E-state index contributed by atoms with van der Waals surface area (Å²) in [5.74, 6) is 0.0961. The molecule has 0 aromatic heterocycles. The summed E-state index contributed by atoms with van der Waals surface area (Å²) in [5.41, 5.74) is 2.15. The first kappa shape index (κ1) is 4.79. The zero-order chi connectivity index (χ0) is 6.27. The number of rotatable bonds is 0. The van der Waals surface area contributed by atoms with Gasteiger partial charge in [-0.2, -0.15) is 0 Å². The first-order valence-corrected chi connectivity index (χ1v) is 3.05. The minimum atomic E-state index is 0.0961. The number of hydrogen-bond acceptors (Lipinski definition) is 1. The Bertz CT molecular complexity index is 225. The highest BCUT2D eigenvalue weighted by Gasteiger charge is 2.21. The van der Waals surface area contributed by atoms with Crippen LogP contribution in [0.15, 0.2) is 23.3 Å². The van der Waals surface area contributed by atoms with Crippen molar-refractivity contribution in [2.45, 2.75) is 6.42 Å². The quantitative estimate of drug-likeness (QED) is 0.493. The van der Waals surface area contributed by atoms with Crippen LogP contribution in [0.3, 0.4) is 0 Å². The maximum atomic E-state index is 10.8. The van der Waals surface area contributed by atoms with Crippen LogP contribution in [0, 0.1) is 0 Å². The number of hydrogen-bond donors (Lipinski definition) is 1. The first-order valence-electron chi connectivity index (χ1n) is 3.05. The minimum Gasteiger partial charge on any atom is -0.348 e. The van der Waals surface area contributed by atoms with E-state index < -0.39 is 0 Å². The average molecular weight is 121 g/mol. The summed E-state index contributed by atoms with van der Waals surface area (Å²) in [6.45, 7) is 0.765. The summed E-state index contributed by atoms with van der Waals surface area (Å²) >= 11 is 0. The highest BCUT2D eigenvalue weighted by molar-refractivity contribution is 6.00. The van der Waals surface area contributed by atoms with Crippen LogP contribution in [0.4, 0.5) is 0 Å². The predicted octanol–water partition coefficient (Wildman–Crippen LogP) is 0.373. The average Bonchev–Trinajstić information content (AvgIpc) is 2.35. The van der Waals surface area contributed by atoms with Crippen molar-refractivity contribution in [1.82, 2.24) is 5.32 Å². The molecule has 0 spiro atoms. The Labute approximate surface area is 53.2 Å². The molecule has 0 saturated heterocycles. The number of amides is 1. The second-order valence-electron chi connectivity index (χ2n) is 2.31. The molecule has 2 nitrogen and oxygen atoms in total. The van der Waals surface area contributed by atoms with Crippen LogP contribution in [0.25, 0.3) is 0 Å². The lowest BCUT2D eigenvalue weighted by molar-refractivity contribution is -0.116. The molecule has 0 fully saturated rings. The smallest absolute Gasteiger partial charge is 0.251 e. The van der Waals surface area contributed by atoms with Gasteiger partial charge in [-0.1, -0.05) is 12.2 Å². The molecule has 2 heteroatoms. The molecule has 0 unspecified atom stereocenters. The molecule has 1 heterocycles. The maximum absolute atomic E-state index is 10.8. The fourth-order valence-electron chi connectivity index (χ4n) is 1.23. The first-order chi connectivity index (χ1) is 4.38. The van der Waals surface area contributed by atoms with Gasteiger partial charge in [0.2, 0.25) is 0 Å². The molecule has 0 radical (unpaired) electrons. The third-order valence-electron chi connectivity index (χ3n) is 1.74. The molecular formula is C7H7NO. The van der Waals surface area contributed by atoms with Crippen molar-refractivity contribution in [3.8, 4) is 0 Å². The molecule has 1 N–H and O–H groups in total. The number of allylic oxidation sites excluding steroid dienone is 1. The molecule has 2 rings (SSSR count). The van der Waals surface area contributed by atoms with E-state index in [1.807, 2.05) is 12.2 Å². The van der Waals surface area contributed by atoms with E-state index in [1.54, 1.807) is 0 Å². The van der Waals surface area contributed by atoms with Crippen LogP contribution in [0.1, 0.15) is 6.42 Å². The van der Waals surface area contributed by atoms with Gasteiger partial charge in [0.1, 0.15) is 0 Å². The van der Waals surface area contributed by atoms with Crippen LogP contribution < -0.4 is 5.32 Å². The van der Waals surface area contributed by atoms with Crippen molar-refractivity contribution in [2.75, 3.05) is 6.54 Å². The van der Waals surface area contributed by atoms with Gasteiger partial charge < -0.3 is 5.32 Å². The summed E-state index contributed by atoms with van der Waals surface area (Å²) in [6, 6.07) is 0. The summed E-state index contributed by atoms with van der Waals surface area (Å²) in [7, 11) is 0. The lowest BCUT2D eigenvalue weighted by Crippen LogP contribution is -2.17. The molecule has 1 aliphatic heterocycles. The Balaban J connectivity index is 2.43. The summed E-state index contributed by atoms with van der Waals surface area (Å²) in [6.07, 6.45) is 4.90. The summed E-state index contributed by atoms with van der Waals surface area (Å²) in [4.78, 5) is 10.8. The van der Waals surface area contributed by atoms with E-state index in [0.717, 1.165) is 18.5 Å². The standard InChI is InChI=1S/C7H7NO/c9-7-6-3-1-2-5(6)4-8-7/h1,3H,2,4H2,(H,8,9). The fourth-order valence-corrected chi connectivity index (χ4v) is 1.23. The van der Waals surface area contributed by atoms with E-state index in [0.29, 0.717) is 0 Å². The lowest BCUT2D eigenvalue weighted by Gasteiger charge is -1.90. The molecule has 46 valence electrons. The molecule has 0 aromatic rings. The third-order valence-corrected chi connectivity index (χ3v) is 1.74. The van der Waals surface area contributed by atoms with Crippen molar-refractivity contribution >= 4 is 5.91 Å². The van der Waals surface area contributed by atoms with Gasteiger partial charge in [0.15, 0.2) is 0 Å². The molecule has 9 heavy (non-hydrogen) atoms. The molecule has 0 bridgehead atoms. The molecular weight excluding hydrogens is 114 g/mol. The van der Waals surface area contributed by atoms with E-state index in [2.05, 4.69) is 5.32 Å². The zero-order valence-corrected chi connectivity index (χ0v) is 4.98. The second-order valence-corrected chi connectivity index (χ2v) is 2.31. The predicted molar refractivity (Wildman–Crippen MR) is 33.8 cm³/mol. The van der Waals surface area contributed by atoms with E-state index in [1.165, 1.54) is 5.57 Å². The van der Waals surface area contributed by atoms with E-state index in [-0.39, 0.29) is 5.91 Å². The second kappa shape index (κ2) is 1.47. The van der Waals surface area contributed by atoms with Crippen LogP contribution in [0.2, 0.25) is 0 Å². The SMILES string of the molecule is O=C1NCC2=C1C=CC2. The van der Waals surface area contributed by atoms with Gasteiger partial charge in [0.05, 0.1) is 0 Å². The Kier molecular flexibility index (Phi) is 0.781. The largest absolute Gasteiger partial charge is 0.348 e. The van der Waals surface area contributed by atoms with Gasteiger partial charge in [0.25, 0.3) is 5.91 Å². The van der Waals surface area contributed by atoms with Crippen molar-refractivity contribution < 1.29 is 4.79 Å². The van der Waals surface area contributed by atoms with Crippen molar-refractivity contribution in [1.29, 1.82) is 0 Å². The molecule has 1 aliphatic carbocycles. The van der Waals surface area contributed by atoms with Crippen molar-refractivity contribution in [2.24, 2.45) is 0 Å². The van der Waals surface area contributed by atoms with E-state index >= 15 is 0 Å². The highest BCUT2D eigenvalue weighted by atomic mass is 16.1. The minimum absolute atomic E-state index is 0.0961. The van der Waals surface area contributed by atoms with Crippen LogP contribution in [-0.2, 0) is 4.79 Å². The van der Waals surface area contributed by atoms with Crippen molar-refractivity contribution in [3.05, 3.63) is 23.3 Å². The van der Waals surface area contributed by atoms with Gasteiger partial charge in [-0.25, -0.2) is 0 Å². The Morgan fingerprint density at radius 3 is 3.22 bits per heavy atom. The molecule has 2 aliphatic rings. The third kappa shape index (κ3) is 0.529. The Hall–Kier alpha value is -1.05. The molecule has 0 atom stereocenters. The normalized spacial score (nSPS) is 22.9. The fraction of sp³-hybridized carbons (Fsp3) is 0.286. The molecule has 1 amide bonds. The molecule has 0 aromatic carbocycles. The lowest BCUT2D eigenvalue weighted by atomic mass is 10.2. The summed E-state index contributed by atoms with van der Waals surface area (Å²) in [5, 5.41) is 2.76. The van der Waals surface area contributed by atoms with Crippen LogP contribution in [-0.4, -0.2) is 12.5 Å². The number of carbonyl (C=O) groups is 1.